The molecule has 2 aliphatic rings. The minimum absolute atomic E-state index is 0.545. The van der Waals surface area contributed by atoms with E-state index in [4.69, 9.17) is 9.97 Å². The zero-order valence-corrected chi connectivity index (χ0v) is 25.6. The van der Waals surface area contributed by atoms with Crippen molar-refractivity contribution in [2.24, 2.45) is 0 Å². The van der Waals surface area contributed by atoms with Crippen molar-refractivity contribution in [3.8, 4) is 34.0 Å². The van der Waals surface area contributed by atoms with Gasteiger partial charge in [0, 0.05) is 33.9 Å². The Labute approximate surface area is 275 Å². The summed E-state index contributed by atoms with van der Waals surface area (Å²) in [4.78, 5) is 9.76. The molecule has 0 bridgehead atoms. The first-order valence-electron chi connectivity index (χ1n) is 16.2. The molecule has 1 spiro atoms. The van der Waals surface area contributed by atoms with Gasteiger partial charge in [0.2, 0.25) is 0 Å². The van der Waals surface area contributed by atoms with Crippen LogP contribution in [0.3, 0.4) is 0 Å². The van der Waals surface area contributed by atoms with E-state index >= 15 is 0 Å². The van der Waals surface area contributed by atoms with Crippen molar-refractivity contribution in [1.29, 1.82) is 5.26 Å². The molecule has 4 heteroatoms. The number of hydrogen-bond acceptors (Lipinski definition) is 3. The number of nitriles is 1. The van der Waals surface area contributed by atoms with Gasteiger partial charge in [0.1, 0.15) is 0 Å². The summed E-state index contributed by atoms with van der Waals surface area (Å²) in [5.41, 5.74) is 15.4. The smallest absolute Gasteiger partial charge is 0.0991 e. The average Bonchev–Trinajstić information content (AvgIpc) is 3.66. The molecule has 1 aliphatic heterocycles. The molecule has 1 aliphatic carbocycles. The standard InChI is InChI=1S/C44H24N4/c45-25-26-16-18-27(19-17-26)28-20-21-30-29-8-1-2-12-34(29)44(37(30)24-28)35-13-3-4-15-38(35)48-42-32(9-5-14-36(42)44)39-31-10-6-22-46-40(31)41-33(43(39)48)11-7-23-47-41/h1-24H. The Hall–Kier alpha value is -6.57. The predicted molar refractivity (Wildman–Crippen MR) is 192 cm³/mol. The van der Waals surface area contributed by atoms with Gasteiger partial charge in [0.05, 0.1) is 44.8 Å². The lowest BCUT2D eigenvalue weighted by Gasteiger charge is -2.39. The Morgan fingerprint density at radius 1 is 0.521 bits per heavy atom. The molecule has 11 rings (SSSR count). The van der Waals surface area contributed by atoms with E-state index in [1.165, 1.54) is 60.9 Å². The fourth-order valence-electron chi connectivity index (χ4n) is 8.90. The maximum Gasteiger partial charge on any atom is 0.0991 e. The van der Waals surface area contributed by atoms with Gasteiger partial charge in [-0.15, -0.1) is 0 Å². The van der Waals surface area contributed by atoms with Crippen molar-refractivity contribution in [2.45, 2.75) is 5.41 Å². The van der Waals surface area contributed by atoms with Crippen LogP contribution in [0.5, 0.6) is 0 Å². The second-order valence-electron chi connectivity index (χ2n) is 12.8. The summed E-state index contributed by atoms with van der Waals surface area (Å²) in [6.45, 7) is 0. The molecular formula is C44H24N4. The van der Waals surface area contributed by atoms with Gasteiger partial charge in [-0.05, 0) is 87.0 Å². The van der Waals surface area contributed by atoms with Crippen LogP contribution in [0.15, 0.2) is 146 Å². The maximum atomic E-state index is 9.45. The molecule has 48 heavy (non-hydrogen) atoms. The molecule has 0 fully saturated rings. The van der Waals surface area contributed by atoms with E-state index in [-0.39, 0.29) is 0 Å². The number of nitrogens with zero attached hydrogens (tertiary/aromatic N) is 4. The molecule has 220 valence electrons. The summed E-state index contributed by atoms with van der Waals surface area (Å²) in [7, 11) is 0. The molecule has 1 atom stereocenters. The van der Waals surface area contributed by atoms with Crippen LogP contribution in [0, 0.1) is 11.3 Å². The van der Waals surface area contributed by atoms with Crippen molar-refractivity contribution in [2.75, 3.05) is 0 Å². The molecule has 9 aromatic rings. The van der Waals surface area contributed by atoms with Crippen molar-refractivity contribution in [3.63, 3.8) is 0 Å². The van der Waals surface area contributed by atoms with Crippen LogP contribution in [0.4, 0.5) is 0 Å². The molecule has 0 N–H and O–H groups in total. The van der Waals surface area contributed by atoms with Gasteiger partial charge in [-0.3, -0.25) is 9.97 Å². The Morgan fingerprint density at radius 3 is 2.02 bits per heavy atom. The largest absolute Gasteiger partial charge is 0.308 e. The second kappa shape index (κ2) is 9.03. The zero-order valence-electron chi connectivity index (χ0n) is 25.6. The molecule has 1 unspecified atom stereocenters. The quantitative estimate of drug-likeness (QED) is 0.174. The van der Waals surface area contributed by atoms with E-state index < -0.39 is 5.41 Å². The van der Waals surface area contributed by atoms with Crippen LogP contribution in [-0.2, 0) is 5.41 Å². The first-order valence-corrected chi connectivity index (χ1v) is 16.2. The molecular weight excluding hydrogens is 585 g/mol. The molecule has 4 heterocycles. The van der Waals surface area contributed by atoms with E-state index in [2.05, 4.69) is 120 Å². The van der Waals surface area contributed by atoms with E-state index in [1.54, 1.807) is 0 Å². The van der Waals surface area contributed by atoms with Crippen LogP contribution in [0.2, 0.25) is 0 Å². The number of rotatable bonds is 1. The summed E-state index contributed by atoms with van der Waals surface area (Å²) >= 11 is 0. The molecule has 3 aromatic heterocycles. The number of hydrogen-bond donors (Lipinski definition) is 0. The molecule has 0 amide bonds. The third kappa shape index (κ3) is 2.95. The summed E-state index contributed by atoms with van der Waals surface area (Å²) < 4.78 is 2.50. The first kappa shape index (κ1) is 25.6. The van der Waals surface area contributed by atoms with Crippen molar-refractivity contribution >= 4 is 43.6 Å². The average molecular weight is 609 g/mol. The van der Waals surface area contributed by atoms with Gasteiger partial charge in [-0.2, -0.15) is 5.26 Å². The summed E-state index contributed by atoms with van der Waals surface area (Å²) in [6, 6.07) is 50.3. The van der Waals surface area contributed by atoms with Crippen LogP contribution < -0.4 is 0 Å². The lowest BCUT2D eigenvalue weighted by Crippen LogP contribution is -2.33. The van der Waals surface area contributed by atoms with Gasteiger partial charge < -0.3 is 4.57 Å². The number of pyridine rings is 2. The Balaban J connectivity index is 1.36. The monoisotopic (exact) mass is 608 g/mol. The highest BCUT2D eigenvalue weighted by atomic mass is 15.0. The second-order valence-corrected chi connectivity index (χ2v) is 12.8. The topological polar surface area (TPSA) is 54.5 Å². The van der Waals surface area contributed by atoms with Gasteiger partial charge in [-0.25, -0.2) is 0 Å². The van der Waals surface area contributed by atoms with Crippen LogP contribution in [0.1, 0.15) is 27.8 Å². The first-order chi connectivity index (χ1) is 23.8. The van der Waals surface area contributed by atoms with Crippen molar-refractivity contribution in [1.82, 2.24) is 14.5 Å². The fraction of sp³-hybridized carbons (Fsp3) is 0.0227. The summed E-state index contributed by atoms with van der Waals surface area (Å²) in [5.74, 6) is 0. The lowest BCUT2D eigenvalue weighted by molar-refractivity contribution is 0.749. The molecule has 6 aromatic carbocycles. The van der Waals surface area contributed by atoms with Crippen LogP contribution in [0.25, 0.3) is 71.6 Å². The third-order valence-electron chi connectivity index (χ3n) is 10.7. The highest BCUT2D eigenvalue weighted by Gasteiger charge is 2.51. The van der Waals surface area contributed by atoms with Gasteiger partial charge in [0.15, 0.2) is 0 Å². The fourth-order valence-corrected chi connectivity index (χ4v) is 8.90. The third-order valence-corrected chi connectivity index (χ3v) is 10.7. The van der Waals surface area contributed by atoms with Gasteiger partial charge in [-0.1, -0.05) is 91.0 Å². The summed E-state index contributed by atoms with van der Waals surface area (Å²) in [5, 5.41) is 14.1. The van der Waals surface area contributed by atoms with Gasteiger partial charge >= 0.3 is 0 Å². The van der Waals surface area contributed by atoms with E-state index in [1.807, 2.05) is 36.7 Å². The number of aromatic nitrogens is 3. The van der Waals surface area contributed by atoms with E-state index in [0.29, 0.717) is 5.56 Å². The number of benzene rings is 6. The van der Waals surface area contributed by atoms with E-state index in [9.17, 15) is 5.26 Å². The van der Waals surface area contributed by atoms with Gasteiger partial charge in [0.25, 0.3) is 0 Å². The normalized spacial score (nSPS) is 15.6. The molecule has 0 radical (unpaired) electrons. The Kier molecular flexibility index (Phi) is 4.82. The number of para-hydroxylation sites is 2. The summed E-state index contributed by atoms with van der Waals surface area (Å²) in [6.07, 6.45) is 3.74. The van der Waals surface area contributed by atoms with E-state index in [0.717, 1.165) is 32.9 Å². The minimum atomic E-state index is -0.545. The highest BCUT2D eigenvalue weighted by molar-refractivity contribution is 6.31. The molecule has 0 saturated heterocycles. The molecule has 4 nitrogen and oxygen atoms in total. The molecule has 0 saturated carbocycles. The van der Waals surface area contributed by atoms with Crippen LogP contribution >= 0.6 is 0 Å². The van der Waals surface area contributed by atoms with Crippen LogP contribution in [-0.4, -0.2) is 14.5 Å². The minimum Gasteiger partial charge on any atom is -0.308 e. The maximum absolute atomic E-state index is 9.45. The predicted octanol–water partition coefficient (Wildman–Crippen LogP) is 10.1. The lowest BCUT2D eigenvalue weighted by atomic mass is 9.65. The van der Waals surface area contributed by atoms with Crippen molar-refractivity contribution < 1.29 is 0 Å². The van der Waals surface area contributed by atoms with Crippen molar-refractivity contribution in [3.05, 3.63) is 174 Å². The Bertz CT molecular complexity index is 2910. The number of fused-ring (bicyclic) bond motifs is 17. The zero-order chi connectivity index (χ0) is 31.6. The SMILES string of the molecule is N#Cc1ccc(-c2ccc3c(c2)C2(c4ccccc4-3)c3ccccc3-n3c4c2cccc4c2c4cccnc4c4ncccc4c23)cc1. The highest BCUT2D eigenvalue weighted by Crippen LogP contribution is 2.61. The Morgan fingerprint density at radius 2 is 1.19 bits per heavy atom.